The Morgan fingerprint density at radius 2 is 1.96 bits per heavy atom. The van der Waals surface area contributed by atoms with Crippen LogP contribution in [-0.4, -0.2) is 75.9 Å². The maximum Gasteiger partial charge on any atom is 0.257 e. The summed E-state index contributed by atoms with van der Waals surface area (Å²) < 4.78 is 0. The molecule has 0 aliphatic carbocycles. The first kappa shape index (κ1) is 16.1. The summed E-state index contributed by atoms with van der Waals surface area (Å²) in [6.45, 7) is 8.00. The first-order valence-corrected chi connectivity index (χ1v) is 10.1. The van der Waals surface area contributed by atoms with E-state index in [4.69, 9.17) is 4.98 Å². The molecule has 6 nitrogen and oxygen atoms in total. The molecule has 0 saturated carbocycles. The second-order valence-corrected chi connectivity index (χ2v) is 7.95. The Balaban J connectivity index is 1.48. The molecule has 1 amide bonds. The van der Waals surface area contributed by atoms with Crippen molar-refractivity contribution in [2.45, 2.75) is 32.4 Å². The fourth-order valence-corrected chi connectivity index (χ4v) is 4.88. The summed E-state index contributed by atoms with van der Waals surface area (Å²) in [4.78, 5) is 28.6. The second kappa shape index (κ2) is 6.88. The molecule has 0 unspecified atom stereocenters. The largest absolute Gasteiger partial charge is 0.338 e. The molecule has 2 saturated heterocycles. The number of likely N-dealkylation sites (N-methyl/N-ethyl adjacent to an activating group) is 1. The van der Waals surface area contributed by atoms with Crippen LogP contribution in [0.4, 0.5) is 5.95 Å². The van der Waals surface area contributed by atoms with Gasteiger partial charge >= 0.3 is 0 Å². The van der Waals surface area contributed by atoms with Crippen LogP contribution in [0.2, 0.25) is 0 Å². The quantitative estimate of drug-likeness (QED) is 0.825. The molecular weight excluding hydrogens is 322 g/mol. The molecule has 0 radical (unpaired) electrons. The molecule has 2 fully saturated rings. The number of amides is 1. The molecule has 0 bridgehead atoms. The van der Waals surface area contributed by atoms with Gasteiger partial charge in [-0.1, -0.05) is 6.92 Å². The third kappa shape index (κ3) is 2.99. The molecule has 4 rings (SSSR count). The van der Waals surface area contributed by atoms with Crippen LogP contribution in [0.1, 0.15) is 35.8 Å². The highest BCUT2D eigenvalue weighted by Crippen LogP contribution is 2.30. The molecule has 0 aromatic carbocycles. The molecule has 0 spiro atoms. The van der Waals surface area contributed by atoms with E-state index in [-0.39, 0.29) is 5.91 Å². The molecule has 3 aliphatic rings. The van der Waals surface area contributed by atoms with Crippen molar-refractivity contribution in [3.8, 4) is 0 Å². The van der Waals surface area contributed by atoms with Crippen LogP contribution in [0, 0.1) is 0 Å². The van der Waals surface area contributed by atoms with Crippen molar-refractivity contribution in [1.29, 1.82) is 0 Å². The lowest BCUT2D eigenvalue weighted by Gasteiger charge is -2.34. The zero-order valence-corrected chi connectivity index (χ0v) is 15.1. The van der Waals surface area contributed by atoms with Crippen LogP contribution in [0.25, 0.3) is 0 Å². The highest BCUT2D eigenvalue weighted by atomic mass is 32.2. The zero-order chi connectivity index (χ0) is 16.5. The number of carbonyl (C=O) groups excluding carboxylic acids is 1. The van der Waals surface area contributed by atoms with E-state index in [1.165, 1.54) is 0 Å². The van der Waals surface area contributed by atoms with Crippen LogP contribution in [0.15, 0.2) is 6.20 Å². The summed E-state index contributed by atoms with van der Waals surface area (Å²) in [6.07, 6.45) is 3.96. The van der Waals surface area contributed by atoms with Gasteiger partial charge in [-0.3, -0.25) is 4.79 Å². The van der Waals surface area contributed by atoms with E-state index in [1.807, 2.05) is 16.7 Å². The SMILES string of the molecule is CCN1CCN(c2ncc3c(n2)CN(C2CCSCC2)C3=O)CC1. The molecule has 130 valence electrons. The number of fused-ring (bicyclic) bond motifs is 1. The van der Waals surface area contributed by atoms with Crippen LogP contribution >= 0.6 is 11.8 Å². The number of aromatic nitrogens is 2. The smallest absolute Gasteiger partial charge is 0.257 e. The number of nitrogens with zero attached hydrogens (tertiary/aromatic N) is 5. The monoisotopic (exact) mass is 347 g/mol. The summed E-state index contributed by atoms with van der Waals surface area (Å²) in [6, 6.07) is 0.379. The lowest BCUT2D eigenvalue weighted by molar-refractivity contribution is 0.0692. The van der Waals surface area contributed by atoms with Gasteiger partial charge in [0.25, 0.3) is 5.91 Å². The molecule has 1 aromatic heterocycles. The second-order valence-electron chi connectivity index (χ2n) is 6.73. The van der Waals surface area contributed by atoms with Crippen molar-refractivity contribution in [1.82, 2.24) is 19.8 Å². The van der Waals surface area contributed by atoms with Gasteiger partial charge in [0, 0.05) is 38.4 Å². The highest BCUT2D eigenvalue weighted by molar-refractivity contribution is 7.99. The van der Waals surface area contributed by atoms with Crippen LogP contribution in [0.3, 0.4) is 0 Å². The topological polar surface area (TPSA) is 52.6 Å². The van der Waals surface area contributed by atoms with Crippen molar-refractivity contribution in [2.24, 2.45) is 0 Å². The number of hydrogen-bond acceptors (Lipinski definition) is 6. The fraction of sp³-hybridized carbons (Fsp3) is 0.706. The van der Waals surface area contributed by atoms with Crippen LogP contribution < -0.4 is 4.90 Å². The Kier molecular flexibility index (Phi) is 4.63. The Labute approximate surface area is 147 Å². The summed E-state index contributed by atoms with van der Waals surface area (Å²) in [5.74, 6) is 3.23. The molecule has 4 heterocycles. The normalized spacial score (nSPS) is 23.0. The molecule has 0 atom stereocenters. The number of piperazine rings is 1. The van der Waals surface area contributed by atoms with Crippen molar-refractivity contribution >= 4 is 23.6 Å². The van der Waals surface area contributed by atoms with Gasteiger partial charge in [0.2, 0.25) is 5.95 Å². The number of rotatable bonds is 3. The minimum Gasteiger partial charge on any atom is -0.338 e. The first-order chi connectivity index (χ1) is 11.8. The molecule has 1 aromatic rings. The van der Waals surface area contributed by atoms with Gasteiger partial charge < -0.3 is 14.7 Å². The highest BCUT2D eigenvalue weighted by Gasteiger charge is 2.35. The van der Waals surface area contributed by atoms with Crippen LogP contribution in [-0.2, 0) is 6.54 Å². The maximum absolute atomic E-state index is 12.7. The predicted molar refractivity (Wildman–Crippen MR) is 96.6 cm³/mol. The van der Waals surface area contributed by atoms with Gasteiger partial charge in [0.1, 0.15) is 0 Å². The number of hydrogen-bond donors (Lipinski definition) is 0. The van der Waals surface area contributed by atoms with E-state index in [1.54, 1.807) is 6.20 Å². The molecule has 0 N–H and O–H groups in total. The summed E-state index contributed by atoms with van der Waals surface area (Å²) in [7, 11) is 0. The van der Waals surface area contributed by atoms with Gasteiger partial charge in [-0.05, 0) is 30.9 Å². The van der Waals surface area contributed by atoms with Gasteiger partial charge in [0.15, 0.2) is 0 Å². The van der Waals surface area contributed by atoms with Crippen LogP contribution in [0.5, 0.6) is 0 Å². The molecule has 3 aliphatic heterocycles. The number of thioether (sulfide) groups is 1. The number of carbonyl (C=O) groups is 1. The predicted octanol–water partition coefficient (Wildman–Crippen LogP) is 1.47. The molecule has 7 heteroatoms. The Morgan fingerprint density at radius 3 is 2.67 bits per heavy atom. The van der Waals surface area contributed by atoms with E-state index in [9.17, 15) is 4.79 Å². The Bertz CT molecular complexity index is 611. The minimum atomic E-state index is 0.129. The van der Waals surface area contributed by atoms with Gasteiger partial charge in [0.05, 0.1) is 17.8 Å². The summed E-state index contributed by atoms with van der Waals surface area (Å²) >= 11 is 1.99. The van der Waals surface area contributed by atoms with Crippen molar-refractivity contribution < 1.29 is 4.79 Å². The van der Waals surface area contributed by atoms with E-state index in [2.05, 4.69) is 21.7 Å². The van der Waals surface area contributed by atoms with E-state index >= 15 is 0 Å². The van der Waals surface area contributed by atoms with E-state index < -0.39 is 0 Å². The standard InChI is InChI=1S/C17H25N5OS/c1-2-20-5-7-21(8-6-20)17-18-11-14-15(19-17)12-22(16(14)23)13-3-9-24-10-4-13/h11,13H,2-10,12H2,1H3. The van der Waals surface area contributed by atoms with Gasteiger partial charge in [-0.2, -0.15) is 11.8 Å². The third-order valence-electron chi connectivity index (χ3n) is 5.40. The average molecular weight is 347 g/mol. The summed E-state index contributed by atoms with van der Waals surface area (Å²) in [5.41, 5.74) is 1.63. The summed E-state index contributed by atoms with van der Waals surface area (Å²) in [5, 5.41) is 0. The Hall–Kier alpha value is -1.34. The minimum absolute atomic E-state index is 0.129. The molecule has 24 heavy (non-hydrogen) atoms. The third-order valence-corrected chi connectivity index (χ3v) is 6.45. The first-order valence-electron chi connectivity index (χ1n) is 8.98. The van der Waals surface area contributed by atoms with Gasteiger partial charge in [-0.15, -0.1) is 0 Å². The molecular formula is C17H25N5OS. The lowest BCUT2D eigenvalue weighted by atomic mass is 10.1. The Morgan fingerprint density at radius 1 is 1.21 bits per heavy atom. The zero-order valence-electron chi connectivity index (χ0n) is 14.3. The van der Waals surface area contributed by atoms with Crippen molar-refractivity contribution in [3.05, 3.63) is 17.5 Å². The van der Waals surface area contributed by atoms with Crippen molar-refractivity contribution in [3.63, 3.8) is 0 Å². The number of anilines is 1. The van der Waals surface area contributed by atoms with E-state index in [0.717, 1.165) is 68.7 Å². The average Bonchev–Trinajstić information content (AvgIpc) is 2.99. The maximum atomic E-state index is 12.7. The lowest BCUT2D eigenvalue weighted by Crippen LogP contribution is -2.46. The fourth-order valence-electron chi connectivity index (χ4n) is 3.80. The van der Waals surface area contributed by atoms with E-state index in [0.29, 0.717) is 18.2 Å². The van der Waals surface area contributed by atoms with Crippen molar-refractivity contribution in [2.75, 3.05) is 49.1 Å². The van der Waals surface area contributed by atoms with Gasteiger partial charge in [-0.25, -0.2) is 9.97 Å².